The number of hydrogen-bond donors (Lipinski definition) is 2. The summed E-state index contributed by atoms with van der Waals surface area (Å²) in [7, 11) is 1.62. The minimum Gasteiger partial charge on any atom is -0.446 e. The monoisotopic (exact) mass is 255 g/mol. The van der Waals surface area contributed by atoms with E-state index in [4.69, 9.17) is 14.9 Å². The number of oxazole rings is 1. The van der Waals surface area contributed by atoms with E-state index >= 15 is 0 Å². The molecule has 6 heteroatoms. The first-order valence-corrected chi connectivity index (χ1v) is 6.04. The molecular weight excluding hydrogens is 234 g/mol. The highest BCUT2D eigenvalue weighted by molar-refractivity contribution is 5.91. The first kappa shape index (κ1) is 14.7. The van der Waals surface area contributed by atoms with Crippen molar-refractivity contribution in [1.82, 2.24) is 10.3 Å². The number of aromatic nitrogens is 1. The number of nitrogens with two attached hydrogens (primary N) is 1. The van der Waals surface area contributed by atoms with Crippen molar-refractivity contribution in [2.24, 2.45) is 11.7 Å². The van der Waals surface area contributed by atoms with Crippen molar-refractivity contribution in [3.63, 3.8) is 0 Å². The summed E-state index contributed by atoms with van der Waals surface area (Å²) < 4.78 is 10.1. The molecule has 6 nitrogen and oxygen atoms in total. The maximum atomic E-state index is 11.7. The summed E-state index contributed by atoms with van der Waals surface area (Å²) in [4.78, 5) is 15.8. The Labute approximate surface area is 107 Å². The molecule has 0 aliphatic carbocycles. The van der Waals surface area contributed by atoms with Gasteiger partial charge in [0.25, 0.3) is 5.91 Å². The van der Waals surface area contributed by atoms with Crippen molar-refractivity contribution >= 4 is 5.91 Å². The molecule has 0 bridgehead atoms. The van der Waals surface area contributed by atoms with Gasteiger partial charge in [-0.25, -0.2) is 4.98 Å². The van der Waals surface area contributed by atoms with Crippen molar-refractivity contribution in [2.45, 2.75) is 26.3 Å². The Morgan fingerprint density at radius 2 is 2.33 bits per heavy atom. The van der Waals surface area contributed by atoms with E-state index in [9.17, 15) is 4.79 Å². The number of carbonyl (C=O) groups excluding carboxylic acids is 1. The molecule has 1 heterocycles. The third-order valence-corrected chi connectivity index (χ3v) is 2.57. The summed E-state index contributed by atoms with van der Waals surface area (Å²) in [6, 6.07) is -0.292. The van der Waals surface area contributed by atoms with Gasteiger partial charge in [0.05, 0.1) is 6.04 Å². The number of rotatable bonds is 7. The van der Waals surface area contributed by atoms with Gasteiger partial charge >= 0.3 is 0 Å². The number of carbonyl (C=O) groups is 1. The number of ether oxygens (including phenoxy) is 1. The minimum absolute atomic E-state index is 0.210. The van der Waals surface area contributed by atoms with E-state index in [0.717, 1.165) is 6.42 Å². The molecule has 1 amide bonds. The second kappa shape index (κ2) is 7.13. The standard InChI is InChI=1S/C12H21N3O3/c1-8(2)10(13)12-15-9(7-18-12)11(16)14-5-4-6-17-3/h7-8,10H,4-6,13H2,1-3H3,(H,14,16). The summed E-state index contributed by atoms with van der Waals surface area (Å²) in [5.74, 6) is 0.352. The third kappa shape index (κ3) is 4.12. The van der Waals surface area contributed by atoms with Crippen LogP contribution in [0.2, 0.25) is 0 Å². The smallest absolute Gasteiger partial charge is 0.273 e. The second-order valence-electron chi connectivity index (χ2n) is 4.44. The Morgan fingerprint density at radius 3 is 2.94 bits per heavy atom. The Hall–Kier alpha value is -1.40. The van der Waals surface area contributed by atoms with E-state index in [1.165, 1.54) is 6.26 Å². The van der Waals surface area contributed by atoms with Crippen LogP contribution in [0.4, 0.5) is 0 Å². The van der Waals surface area contributed by atoms with Gasteiger partial charge in [-0.15, -0.1) is 0 Å². The summed E-state index contributed by atoms with van der Waals surface area (Å²) in [5.41, 5.74) is 6.15. The highest BCUT2D eigenvalue weighted by Crippen LogP contribution is 2.17. The van der Waals surface area contributed by atoms with E-state index in [2.05, 4.69) is 10.3 Å². The summed E-state index contributed by atoms with van der Waals surface area (Å²) in [5, 5.41) is 2.73. The van der Waals surface area contributed by atoms with Crippen LogP contribution in [-0.4, -0.2) is 31.2 Å². The van der Waals surface area contributed by atoms with E-state index in [0.29, 0.717) is 19.0 Å². The van der Waals surface area contributed by atoms with Gasteiger partial charge in [0.2, 0.25) is 5.89 Å². The van der Waals surface area contributed by atoms with Crippen LogP contribution in [0.15, 0.2) is 10.7 Å². The van der Waals surface area contributed by atoms with Crippen LogP contribution in [0.25, 0.3) is 0 Å². The highest BCUT2D eigenvalue weighted by atomic mass is 16.5. The molecule has 0 aromatic carbocycles. The lowest BCUT2D eigenvalue weighted by Gasteiger charge is -2.10. The zero-order valence-electron chi connectivity index (χ0n) is 11.1. The average Bonchev–Trinajstić information content (AvgIpc) is 2.82. The predicted octanol–water partition coefficient (Wildman–Crippen LogP) is 1.10. The van der Waals surface area contributed by atoms with Crippen LogP contribution in [0.3, 0.4) is 0 Å². The molecule has 1 unspecified atom stereocenters. The highest BCUT2D eigenvalue weighted by Gasteiger charge is 2.19. The van der Waals surface area contributed by atoms with E-state index in [1.807, 2.05) is 13.8 Å². The Kier molecular flexibility index (Phi) is 5.80. The lowest BCUT2D eigenvalue weighted by atomic mass is 10.1. The largest absolute Gasteiger partial charge is 0.446 e. The maximum absolute atomic E-state index is 11.7. The maximum Gasteiger partial charge on any atom is 0.273 e. The van der Waals surface area contributed by atoms with Crippen LogP contribution in [0, 0.1) is 5.92 Å². The predicted molar refractivity (Wildman–Crippen MR) is 67.1 cm³/mol. The zero-order valence-corrected chi connectivity index (χ0v) is 11.1. The van der Waals surface area contributed by atoms with Gasteiger partial charge in [-0.1, -0.05) is 13.8 Å². The molecule has 0 spiro atoms. The molecule has 18 heavy (non-hydrogen) atoms. The van der Waals surface area contributed by atoms with Crippen molar-refractivity contribution in [1.29, 1.82) is 0 Å². The van der Waals surface area contributed by atoms with Crippen molar-refractivity contribution in [3.05, 3.63) is 17.8 Å². The third-order valence-electron chi connectivity index (χ3n) is 2.57. The fourth-order valence-corrected chi connectivity index (χ4v) is 1.34. The molecular formula is C12H21N3O3. The molecule has 3 N–H and O–H groups in total. The second-order valence-corrected chi connectivity index (χ2v) is 4.44. The van der Waals surface area contributed by atoms with Gasteiger partial charge in [0.1, 0.15) is 6.26 Å². The van der Waals surface area contributed by atoms with Gasteiger partial charge in [0.15, 0.2) is 5.69 Å². The summed E-state index contributed by atoms with van der Waals surface area (Å²) >= 11 is 0. The van der Waals surface area contributed by atoms with Crippen LogP contribution in [-0.2, 0) is 4.74 Å². The number of hydrogen-bond acceptors (Lipinski definition) is 5. The van der Waals surface area contributed by atoms with E-state index < -0.39 is 0 Å². The van der Waals surface area contributed by atoms with Crippen LogP contribution < -0.4 is 11.1 Å². The van der Waals surface area contributed by atoms with Gasteiger partial charge in [0, 0.05) is 20.3 Å². The van der Waals surface area contributed by atoms with Crippen LogP contribution in [0.1, 0.15) is 42.7 Å². The summed E-state index contributed by atoms with van der Waals surface area (Å²) in [6.45, 7) is 5.10. The van der Waals surface area contributed by atoms with E-state index in [-0.39, 0.29) is 23.6 Å². The molecule has 102 valence electrons. The normalized spacial score (nSPS) is 12.7. The van der Waals surface area contributed by atoms with Crippen molar-refractivity contribution in [3.8, 4) is 0 Å². The quantitative estimate of drug-likeness (QED) is 0.712. The number of amides is 1. The molecule has 0 saturated heterocycles. The summed E-state index contributed by atoms with van der Waals surface area (Å²) in [6.07, 6.45) is 2.10. The topological polar surface area (TPSA) is 90.4 Å². The fourth-order valence-electron chi connectivity index (χ4n) is 1.34. The number of methoxy groups -OCH3 is 1. The first-order chi connectivity index (χ1) is 8.56. The Balaban J connectivity index is 2.49. The molecule has 1 aromatic heterocycles. The Bertz CT molecular complexity index is 376. The molecule has 0 fully saturated rings. The lowest BCUT2D eigenvalue weighted by molar-refractivity contribution is 0.0943. The van der Waals surface area contributed by atoms with Crippen LogP contribution in [0.5, 0.6) is 0 Å². The molecule has 0 aliphatic rings. The molecule has 0 saturated carbocycles. The van der Waals surface area contributed by atoms with E-state index in [1.54, 1.807) is 7.11 Å². The van der Waals surface area contributed by atoms with Gasteiger partial charge < -0.3 is 20.2 Å². The van der Waals surface area contributed by atoms with Gasteiger partial charge in [-0.05, 0) is 12.3 Å². The zero-order chi connectivity index (χ0) is 13.5. The SMILES string of the molecule is COCCCNC(=O)c1coc(C(N)C(C)C)n1. The van der Waals surface area contributed by atoms with Crippen molar-refractivity contribution in [2.75, 3.05) is 20.3 Å². The fraction of sp³-hybridized carbons (Fsp3) is 0.667. The van der Waals surface area contributed by atoms with Gasteiger partial charge in [-0.3, -0.25) is 4.79 Å². The van der Waals surface area contributed by atoms with Crippen molar-refractivity contribution < 1.29 is 13.9 Å². The average molecular weight is 255 g/mol. The van der Waals surface area contributed by atoms with Crippen LogP contribution >= 0.6 is 0 Å². The molecule has 0 aliphatic heterocycles. The number of nitrogens with one attached hydrogen (secondary N) is 1. The lowest BCUT2D eigenvalue weighted by Crippen LogP contribution is -2.25. The molecule has 1 aromatic rings. The number of nitrogens with zero attached hydrogens (tertiary/aromatic N) is 1. The molecule has 1 rings (SSSR count). The minimum atomic E-state index is -0.292. The molecule has 0 radical (unpaired) electrons. The van der Waals surface area contributed by atoms with Gasteiger partial charge in [-0.2, -0.15) is 0 Å². The Morgan fingerprint density at radius 1 is 1.61 bits per heavy atom. The molecule has 1 atom stereocenters. The first-order valence-electron chi connectivity index (χ1n) is 6.04.